The second-order valence-electron chi connectivity index (χ2n) is 5.34. The van der Waals surface area contributed by atoms with Crippen LogP contribution in [0.4, 0.5) is 10.7 Å². The summed E-state index contributed by atoms with van der Waals surface area (Å²) in [5, 5.41) is 21.3. The number of nitro groups is 1. The molecule has 0 amide bonds. The van der Waals surface area contributed by atoms with Crippen LogP contribution >= 0.6 is 34.5 Å². The minimum absolute atomic E-state index is 0.0218. The predicted molar refractivity (Wildman–Crippen MR) is 96.0 cm³/mol. The fourth-order valence-electron chi connectivity index (χ4n) is 2.68. The molecule has 122 valence electrons. The zero-order valence-electron chi connectivity index (χ0n) is 12.4. The van der Waals surface area contributed by atoms with Gasteiger partial charge in [-0.25, -0.2) is 4.99 Å². The first-order chi connectivity index (χ1) is 11.5. The molecule has 8 heteroatoms. The molecule has 0 saturated carbocycles. The molecule has 1 aliphatic carbocycles. The van der Waals surface area contributed by atoms with E-state index in [1.54, 1.807) is 0 Å². The quantitative estimate of drug-likeness (QED) is 0.403. The Morgan fingerprint density at radius 1 is 1.29 bits per heavy atom. The van der Waals surface area contributed by atoms with Gasteiger partial charge in [0.15, 0.2) is 0 Å². The van der Waals surface area contributed by atoms with Gasteiger partial charge in [-0.3, -0.25) is 10.1 Å². The highest BCUT2D eigenvalue weighted by atomic mass is 35.5. The van der Waals surface area contributed by atoms with Crippen molar-refractivity contribution in [1.29, 1.82) is 5.26 Å². The normalized spacial score (nSPS) is 13.7. The number of nitrogens with zero attached hydrogens (tertiary/aromatic N) is 3. The third-order valence-corrected chi connectivity index (χ3v) is 5.68. The summed E-state index contributed by atoms with van der Waals surface area (Å²) in [6.45, 7) is 0. The van der Waals surface area contributed by atoms with E-state index in [1.165, 1.54) is 34.6 Å². The molecule has 1 aromatic heterocycles. The molecule has 24 heavy (non-hydrogen) atoms. The number of fused-ring (bicyclic) bond motifs is 1. The number of hydrogen-bond donors (Lipinski definition) is 0. The third-order valence-electron chi connectivity index (χ3n) is 3.85. The Labute approximate surface area is 152 Å². The first-order valence-corrected chi connectivity index (χ1v) is 8.80. The fraction of sp³-hybridized carbons (Fsp3) is 0.250. The molecule has 0 unspecified atom stereocenters. The van der Waals surface area contributed by atoms with E-state index in [0.29, 0.717) is 16.1 Å². The SMILES string of the molecule is N#Cc1c(/N=C/c2cc([N+](=O)[O-])c(Cl)cc2Cl)sc2c1CCCC2. The maximum Gasteiger partial charge on any atom is 0.288 e. The third kappa shape index (κ3) is 3.16. The van der Waals surface area contributed by atoms with Crippen molar-refractivity contribution in [2.75, 3.05) is 0 Å². The molecule has 5 nitrogen and oxygen atoms in total. The van der Waals surface area contributed by atoms with Crippen LogP contribution in [0.5, 0.6) is 0 Å². The monoisotopic (exact) mass is 379 g/mol. The van der Waals surface area contributed by atoms with Crippen molar-refractivity contribution in [2.45, 2.75) is 25.7 Å². The molecule has 2 aromatic rings. The number of thiophene rings is 1. The highest BCUT2D eigenvalue weighted by Crippen LogP contribution is 2.39. The van der Waals surface area contributed by atoms with Gasteiger partial charge in [-0.1, -0.05) is 23.2 Å². The minimum Gasteiger partial charge on any atom is -0.258 e. The zero-order chi connectivity index (χ0) is 17.3. The average Bonchev–Trinajstić information content (AvgIpc) is 2.91. The van der Waals surface area contributed by atoms with Gasteiger partial charge in [0.25, 0.3) is 5.69 Å². The van der Waals surface area contributed by atoms with Crippen LogP contribution in [-0.2, 0) is 12.8 Å². The molecule has 0 bridgehead atoms. The van der Waals surface area contributed by atoms with Crippen LogP contribution in [0.1, 0.15) is 34.4 Å². The van der Waals surface area contributed by atoms with Crippen molar-refractivity contribution in [3.63, 3.8) is 0 Å². The van der Waals surface area contributed by atoms with Crippen molar-refractivity contribution < 1.29 is 4.92 Å². The largest absolute Gasteiger partial charge is 0.288 e. The summed E-state index contributed by atoms with van der Waals surface area (Å²) in [5.74, 6) is 0. The van der Waals surface area contributed by atoms with Crippen LogP contribution in [0.25, 0.3) is 0 Å². The van der Waals surface area contributed by atoms with E-state index >= 15 is 0 Å². The Kier molecular flexibility index (Phi) is 4.86. The molecule has 1 aromatic carbocycles. The van der Waals surface area contributed by atoms with Crippen molar-refractivity contribution >= 4 is 51.4 Å². The van der Waals surface area contributed by atoms with Crippen LogP contribution in [0, 0.1) is 21.4 Å². The Bertz CT molecular complexity index is 900. The molecule has 0 spiro atoms. The van der Waals surface area contributed by atoms with E-state index < -0.39 is 4.92 Å². The lowest BCUT2D eigenvalue weighted by atomic mass is 9.96. The molecule has 0 N–H and O–H groups in total. The minimum atomic E-state index is -0.569. The van der Waals surface area contributed by atoms with Crippen LogP contribution in [0.3, 0.4) is 0 Å². The summed E-state index contributed by atoms with van der Waals surface area (Å²) < 4.78 is 0. The zero-order valence-corrected chi connectivity index (χ0v) is 14.7. The summed E-state index contributed by atoms with van der Waals surface area (Å²) in [7, 11) is 0. The number of aryl methyl sites for hydroxylation is 1. The molecule has 0 aliphatic heterocycles. The highest BCUT2D eigenvalue weighted by Gasteiger charge is 2.20. The number of benzene rings is 1. The first kappa shape index (κ1) is 16.9. The number of hydrogen-bond acceptors (Lipinski definition) is 5. The fourth-order valence-corrected chi connectivity index (χ4v) is 4.36. The molecular formula is C16H11Cl2N3O2S. The Morgan fingerprint density at radius 3 is 2.75 bits per heavy atom. The van der Waals surface area contributed by atoms with Gasteiger partial charge in [-0.05, 0) is 37.3 Å². The van der Waals surface area contributed by atoms with E-state index in [-0.39, 0.29) is 15.7 Å². The molecule has 0 saturated heterocycles. The van der Waals surface area contributed by atoms with Crippen LogP contribution in [0.2, 0.25) is 10.0 Å². The van der Waals surface area contributed by atoms with Crippen LogP contribution in [-0.4, -0.2) is 11.1 Å². The first-order valence-electron chi connectivity index (χ1n) is 7.23. The van der Waals surface area contributed by atoms with E-state index in [1.807, 2.05) is 0 Å². The molecule has 0 radical (unpaired) electrons. The second-order valence-corrected chi connectivity index (χ2v) is 7.24. The van der Waals surface area contributed by atoms with E-state index in [2.05, 4.69) is 11.1 Å². The second kappa shape index (κ2) is 6.89. The van der Waals surface area contributed by atoms with Crippen molar-refractivity contribution in [3.05, 3.63) is 53.9 Å². The van der Waals surface area contributed by atoms with Gasteiger partial charge >= 0.3 is 0 Å². The molecule has 0 fully saturated rings. The van der Waals surface area contributed by atoms with E-state index in [9.17, 15) is 15.4 Å². The lowest BCUT2D eigenvalue weighted by Crippen LogP contribution is -1.99. The topological polar surface area (TPSA) is 79.3 Å². The van der Waals surface area contributed by atoms with Gasteiger partial charge in [0, 0.05) is 22.7 Å². The molecular weight excluding hydrogens is 369 g/mol. The smallest absolute Gasteiger partial charge is 0.258 e. The lowest BCUT2D eigenvalue weighted by molar-refractivity contribution is -0.384. The van der Waals surface area contributed by atoms with Crippen molar-refractivity contribution in [3.8, 4) is 6.07 Å². The summed E-state index contributed by atoms with van der Waals surface area (Å²) in [6.07, 6.45) is 5.52. The van der Waals surface area contributed by atoms with E-state index in [4.69, 9.17) is 23.2 Å². The number of nitro benzene ring substituents is 1. The maximum absolute atomic E-state index is 11.0. The summed E-state index contributed by atoms with van der Waals surface area (Å²) >= 11 is 13.4. The number of halogens is 2. The van der Waals surface area contributed by atoms with E-state index in [0.717, 1.165) is 31.2 Å². The highest BCUT2D eigenvalue weighted by molar-refractivity contribution is 7.16. The Balaban J connectivity index is 2.00. The van der Waals surface area contributed by atoms with Gasteiger partial charge in [-0.2, -0.15) is 5.26 Å². The summed E-state index contributed by atoms with van der Waals surface area (Å²) in [4.78, 5) is 16.0. The molecule has 1 heterocycles. The van der Waals surface area contributed by atoms with Gasteiger partial charge < -0.3 is 0 Å². The predicted octanol–water partition coefficient (Wildman–Crippen LogP) is 5.46. The van der Waals surface area contributed by atoms with Crippen molar-refractivity contribution in [2.24, 2.45) is 4.99 Å². The number of aliphatic imine (C=N–C) groups is 1. The van der Waals surface area contributed by atoms with Crippen LogP contribution < -0.4 is 0 Å². The van der Waals surface area contributed by atoms with Gasteiger partial charge in [0.05, 0.1) is 15.5 Å². The van der Waals surface area contributed by atoms with Crippen LogP contribution in [0.15, 0.2) is 17.1 Å². The Morgan fingerprint density at radius 2 is 2.04 bits per heavy atom. The summed E-state index contributed by atoms with van der Waals surface area (Å²) in [6, 6.07) is 4.84. The van der Waals surface area contributed by atoms with Crippen molar-refractivity contribution in [1.82, 2.24) is 0 Å². The Hall–Kier alpha value is -1.94. The number of rotatable bonds is 3. The number of nitriles is 1. The molecule has 1 aliphatic rings. The van der Waals surface area contributed by atoms with Gasteiger partial charge in [0.1, 0.15) is 16.1 Å². The standard InChI is InChI=1S/C16H11Cl2N3O2S/c17-12-6-13(18)14(21(22)23)5-9(12)8-20-16-11(7-19)10-3-1-2-4-15(10)24-16/h5-6,8H,1-4H2/b20-8+. The average molecular weight is 380 g/mol. The molecule has 3 rings (SSSR count). The summed E-state index contributed by atoms with van der Waals surface area (Å²) in [5.41, 5.74) is 1.86. The molecule has 0 atom stereocenters. The van der Waals surface area contributed by atoms with Gasteiger partial charge in [0.2, 0.25) is 0 Å². The lowest BCUT2D eigenvalue weighted by Gasteiger charge is -2.09. The van der Waals surface area contributed by atoms with Gasteiger partial charge in [-0.15, -0.1) is 11.3 Å². The maximum atomic E-state index is 11.0.